The van der Waals surface area contributed by atoms with Crippen molar-refractivity contribution in [2.24, 2.45) is 0 Å². The van der Waals surface area contributed by atoms with E-state index in [-0.39, 0.29) is 0 Å². The topological polar surface area (TPSA) is 49.3 Å². The van der Waals surface area contributed by atoms with Crippen molar-refractivity contribution in [1.82, 2.24) is 5.32 Å². The quantitative estimate of drug-likeness (QED) is 0.636. The summed E-state index contributed by atoms with van der Waals surface area (Å²) >= 11 is 3.22. The monoisotopic (exact) mass is 269 g/mol. The number of rotatable bonds is 5. The number of benzene rings is 1. The lowest BCUT2D eigenvalue weighted by Crippen LogP contribution is -2.15. The first-order valence-electron chi connectivity index (χ1n) is 4.49. The number of carboxylic acids is 1. The molecule has 0 radical (unpaired) electrons. The van der Waals surface area contributed by atoms with Gasteiger partial charge in [-0.05, 0) is 5.56 Å². The van der Waals surface area contributed by atoms with E-state index < -0.39 is 5.97 Å². The van der Waals surface area contributed by atoms with Crippen LogP contribution in [0, 0.1) is 0 Å². The van der Waals surface area contributed by atoms with E-state index in [9.17, 15) is 4.79 Å². The van der Waals surface area contributed by atoms with Gasteiger partial charge in [-0.15, -0.1) is 0 Å². The van der Waals surface area contributed by atoms with E-state index in [0.717, 1.165) is 11.6 Å². The second-order valence-electron chi connectivity index (χ2n) is 2.98. The van der Waals surface area contributed by atoms with Crippen molar-refractivity contribution in [1.29, 1.82) is 0 Å². The largest absolute Gasteiger partial charge is 0.478 e. The van der Waals surface area contributed by atoms with Crippen LogP contribution in [0.1, 0.15) is 5.56 Å². The van der Waals surface area contributed by atoms with Gasteiger partial charge < -0.3 is 10.4 Å². The number of nitrogens with one attached hydrogen (secondary N) is 1. The van der Waals surface area contributed by atoms with E-state index in [2.05, 4.69) is 21.2 Å². The van der Waals surface area contributed by atoms with E-state index in [1.165, 1.54) is 0 Å². The molecule has 1 rings (SSSR count). The molecule has 1 aromatic rings. The van der Waals surface area contributed by atoms with Gasteiger partial charge in [0, 0.05) is 23.6 Å². The number of carboxylic acid groups (broad SMARTS) is 1. The minimum absolute atomic E-state index is 0.506. The van der Waals surface area contributed by atoms with Crippen molar-refractivity contribution in [3.8, 4) is 0 Å². The lowest BCUT2D eigenvalue weighted by Gasteiger charge is -2.07. The molecule has 0 atom stereocenters. The molecule has 0 aromatic heterocycles. The summed E-state index contributed by atoms with van der Waals surface area (Å²) in [5.41, 5.74) is 1.78. The molecule has 0 saturated carbocycles. The Morgan fingerprint density at radius 3 is 2.60 bits per heavy atom. The van der Waals surface area contributed by atoms with Crippen LogP contribution in [-0.4, -0.2) is 16.4 Å². The van der Waals surface area contributed by atoms with Crippen LogP contribution in [0.15, 0.2) is 42.1 Å². The highest BCUT2D eigenvalue weighted by atomic mass is 79.9. The molecule has 0 aliphatic heterocycles. The molecular formula is C11H12BrNO2. The van der Waals surface area contributed by atoms with Crippen LogP contribution >= 0.6 is 15.9 Å². The van der Waals surface area contributed by atoms with Gasteiger partial charge in [0.05, 0.1) is 0 Å². The second-order valence-corrected chi connectivity index (χ2v) is 3.54. The molecule has 4 heteroatoms. The van der Waals surface area contributed by atoms with E-state index >= 15 is 0 Å². The summed E-state index contributed by atoms with van der Waals surface area (Å²) in [6.45, 7) is 0.631. The molecule has 0 saturated heterocycles. The van der Waals surface area contributed by atoms with Crippen molar-refractivity contribution >= 4 is 21.9 Å². The van der Waals surface area contributed by atoms with E-state index in [0.29, 0.717) is 17.6 Å². The highest BCUT2D eigenvalue weighted by Gasteiger charge is 1.98. The molecule has 80 valence electrons. The highest BCUT2D eigenvalue weighted by molar-refractivity contribution is 9.09. The molecule has 2 N–H and O–H groups in total. The van der Waals surface area contributed by atoms with E-state index in [1.807, 2.05) is 30.3 Å². The maximum atomic E-state index is 10.4. The van der Waals surface area contributed by atoms with Gasteiger partial charge in [0.2, 0.25) is 0 Å². The number of halogens is 1. The summed E-state index contributed by atoms with van der Waals surface area (Å²) in [6.07, 6.45) is 1.16. The Bertz CT molecular complexity index is 349. The fourth-order valence-corrected chi connectivity index (χ4v) is 1.46. The fourth-order valence-electron chi connectivity index (χ4n) is 1.10. The lowest BCUT2D eigenvalue weighted by molar-refractivity contribution is -0.131. The van der Waals surface area contributed by atoms with Crippen LogP contribution in [0.25, 0.3) is 0 Å². The number of hydrogen-bond acceptors (Lipinski definition) is 2. The maximum Gasteiger partial charge on any atom is 0.330 e. The second kappa shape index (κ2) is 6.24. The van der Waals surface area contributed by atoms with Crippen molar-refractivity contribution in [3.05, 3.63) is 47.7 Å². The zero-order valence-electron chi connectivity index (χ0n) is 8.11. The predicted molar refractivity (Wildman–Crippen MR) is 62.8 cm³/mol. The summed E-state index contributed by atoms with van der Waals surface area (Å²) in [5, 5.41) is 12.1. The van der Waals surface area contributed by atoms with Gasteiger partial charge in [-0.3, -0.25) is 0 Å². The molecule has 15 heavy (non-hydrogen) atoms. The zero-order chi connectivity index (χ0) is 11.1. The standard InChI is InChI=1S/C11H12BrNO2/c12-7-10(6-11(14)15)13-8-9-4-2-1-3-5-9/h1-6,13H,7-8H2,(H,14,15)/b10-6-. The van der Waals surface area contributed by atoms with Crippen LogP contribution in [-0.2, 0) is 11.3 Å². The molecule has 0 aliphatic rings. The number of carbonyl (C=O) groups is 1. The summed E-state index contributed by atoms with van der Waals surface area (Å²) in [4.78, 5) is 10.4. The van der Waals surface area contributed by atoms with E-state index in [4.69, 9.17) is 5.11 Å². The van der Waals surface area contributed by atoms with Crippen LogP contribution in [0.3, 0.4) is 0 Å². The number of aliphatic carboxylic acids is 1. The summed E-state index contributed by atoms with van der Waals surface area (Å²) in [6, 6.07) is 9.82. The molecule has 0 unspecified atom stereocenters. The SMILES string of the molecule is O=C(O)/C=C(/CBr)NCc1ccccc1. The third-order valence-electron chi connectivity index (χ3n) is 1.80. The smallest absolute Gasteiger partial charge is 0.330 e. The molecule has 0 heterocycles. The molecule has 3 nitrogen and oxygen atoms in total. The average Bonchev–Trinajstić information content (AvgIpc) is 2.25. The first kappa shape index (κ1) is 11.8. The van der Waals surface area contributed by atoms with Gasteiger partial charge in [0.1, 0.15) is 0 Å². The normalized spacial score (nSPS) is 11.1. The molecule has 0 spiro atoms. The Morgan fingerprint density at radius 2 is 2.07 bits per heavy atom. The van der Waals surface area contributed by atoms with Crippen molar-refractivity contribution in [2.45, 2.75) is 6.54 Å². The number of alkyl halides is 1. The lowest BCUT2D eigenvalue weighted by atomic mass is 10.2. The molecule has 0 amide bonds. The molecule has 0 aliphatic carbocycles. The van der Waals surface area contributed by atoms with Gasteiger partial charge in [-0.1, -0.05) is 46.3 Å². The van der Waals surface area contributed by atoms with Gasteiger partial charge in [-0.25, -0.2) is 4.79 Å². The van der Waals surface area contributed by atoms with Crippen molar-refractivity contribution in [3.63, 3.8) is 0 Å². The van der Waals surface area contributed by atoms with Crippen LogP contribution in [0.4, 0.5) is 0 Å². The van der Waals surface area contributed by atoms with Gasteiger partial charge >= 0.3 is 5.97 Å². The summed E-state index contributed by atoms with van der Waals surface area (Å²) in [5.74, 6) is -0.940. The Kier molecular flexibility index (Phi) is 4.90. The minimum Gasteiger partial charge on any atom is -0.478 e. The number of hydrogen-bond donors (Lipinski definition) is 2. The first-order chi connectivity index (χ1) is 7.22. The average molecular weight is 270 g/mol. The van der Waals surface area contributed by atoms with Crippen molar-refractivity contribution < 1.29 is 9.90 Å². The predicted octanol–water partition coefficient (Wildman–Crippen LogP) is 2.14. The number of allylic oxidation sites excluding steroid dienone is 1. The third-order valence-corrected chi connectivity index (χ3v) is 2.41. The van der Waals surface area contributed by atoms with Crippen molar-refractivity contribution in [2.75, 3.05) is 5.33 Å². The Morgan fingerprint density at radius 1 is 1.40 bits per heavy atom. The van der Waals surface area contributed by atoms with Gasteiger partial charge in [-0.2, -0.15) is 0 Å². The summed E-state index contributed by atoms with van der Waals surface area (Å²) < 4.78 is 0. The molecular weight excluding hydrogens is 258 g/mol. The third kappa shape index (κ3) is 4.65. The van der Waals surface area contributed by atoms with Crippen LogP contribution in [0.5, 0.6) is 0 Å². The van der Waals surface area contributed by atoms with Gasteiger partial charge in [0.15, 0.2) is 0 Å². The van der Waals surface area contributed by atoms with Gasteiger partial charge in [0.25, 0.3) is 0 Å². The van der Waals surface area contributed by atoms with Crippen LogP contribution < -0.4 is 5.32 Å². The molecule has 1 aromatic carbocycles. The first-order valence-corrected chi connectivity index (χ1v) is 5.62. The Balaban J connectivity index is 2.52. The highest BCUT2D eigenvalue weighted by Crippen LogP contribution is 2.01. The minimum atomic E-state index is -0.940. The molecule has 0 fully saturated rings. The Labute approximate surface area is 96.9 Å². The molecule has 0 bridgehead atoms. The fraction of sp³-hybridized carbons (Fsp3) is 0.182. The van der Waals surface area contributed by atoms with Crippen LogP contribution in [0.2, 0.25) is 0 Å². The van der Waals surface area contributed by atoms with E-state index in [1.54, 1.807) is 0 Å². The maximum absolute atomic E-state index is 10.4. The summed E-state index contributed by atoms with van der Waals surface area (Å²) in [7, 11) is 0. The Hall–Kier alpha value is -1.29. The zero-order valence-corrected chi connectivity index (χ0v) is 9.70.